The first kappa shape index (κ1) is 20.5. The van der Waals surface area contributed by atoms with E-state index in [0.717, 1.165) is 13.3 Å². The number of rotatable bonds is 12. The van der Waals surface area contributed by atoms with Crippen molar-refractivity contribution < 1.29 is 15.0 Å². The number of aliphatic hydroxyl groups excluding tert-OH is 1. The molecule has 3 nitrogen and oxygen atoms in total. The maximum atomic E-state index is 9.00. The van der Waals surface area contributed by atoms with Crippen LogP contribution in [0.1, 0.15) is 77.6 Å². The summed E-state index contributed by atoms with van der Waals surface area (Å²) in [6, 6.07) is 0. The van der Waals surface area contributed by atoms with E-state index in [-0.39, 0.29) is 0 Å². The summed E-state index contributed by atoms with van der Waals surface area (Å²) in [5.74, 6) is -0.833. The van der Waals surface area contributed by atoms with E-state index >= 15 is 0 Å². The van der Waals surface area contributed by atoms with E-state index in [9.17, 15) is 0 Å². The zero-order chi connectivity index (χ0) is 14.8. The molecule has 0 spiro atoms. The Morgan fingerprint density at radius 2 is 1.21 bits per heavy atom. The third kappa shape index (κ3) is 31.7. The van der Waals surface area contributed by atoms with Crippen LogP contribution in [0, 0.1) is 0 Å². The first-order valence-electron chi connectivity index (χ1n) is 7.56. The molecule has 0 bridgehead atoms. The molecule has 19 heavy (non-hydrogen) atoms. The molecular formula is C16H32O3. The van der Waals surface area contributed by atoms with Crippen LogP contribution in [0.5, 0.6) is 0 Å². The van der Waals surface area contributed by atoms with Gasteiger partial charge < -0.3 is 10.2 Å². The lowest BCUT2D eigenvalue weighted by molar-refractivity contribution is -0.134. The number of aliphatic carboxylic acids is 1. The van der Waals surface area contributed by atoms with Crippen LogP contribution in [0.3, 0.4) is 0 Å². The second-order valence-electron chi connectivity index (χ2n) is 4.86. The van der Waals surface area contributed by atoms with Gasteiger partial charge in [0.1, 0.15) is 0 Å². The molecule has 0 aromatic heterocycles. The summed E-state index contributed by atoms with van der Waals surface area (Å²) in [4.78, 5) is 9.00. The molecule has 0 aromatic carbocycles. The summed E-state index contributed by atoms with van der Waals surface area (Å²) >= 11 is 0. The van der Waals surface area contributed by atoms with Crippen LogP contribution in [0.2, 0.25) is 0 Å². The summed E-state index contributed by atoms with van der Waals surface area (Å²) < 4.78 is 0. The highest BCUT2D eigenvalue weighted by molar-refractivity contribution is 5.62. The summed E-state index contributed by atoms with van der Waals surface area (Å²) in [5, 5.41) is 16.0. The Kier molecular flexibility index (Phi) is 21.0. The van der Waals surface area contributed by atoms with E-state index in [1.807, 2.05) is 6.08 Å². The highest BCUT2D eigenvalue weighted by atomic mass is 16.4. The minimum Gasteiger partial charge on any atom is -0.481 e. The molecular weight excluding hydrogens is 240 g/mol. The fraction of sp³-hybridized carbons (Fsp3) is 0.812. The van der Waals surface area contributed by atoms with Crippen molar-refractivity contribution in [3.8, 4) is 0 Å². The smallest absolute Gasteiger partial charge is 0.300 e. The monoisotopic (exact) mass is 272 g/mol. The number of aliphatic hydroxyl groups is 1. The Bertz CT molecular complexity index is 186. The summed E-state index contributed by atoms with van der Waals surface area (Å²) in [6.07, 6.45) is 16.3. The molecule has 0 saturated heterocycles. The third-order valence-corrected chi connectivity index (χ3v) is 2.82. The topological polar surface area (TPSA) is 57.5 Å². The highest BCUT2D eigenvalue weighted by Crippen LogP contribution is 2.11. The van der Waals surface area contributed by atoms with Crippen LogP contribution in [0.4, 0.5) is 0 Å². The van der Waals surface area contributed by atoms with Gasteiger partial charge in [-0.1, -0.05) is 57.4 Å². The Balaban J connectivity index is 0. The maximum absolute atomic E-state index is 9.00. The standard InChI is InChI=1S/C14H28O.C2H4O2/c1-2-3-4-5-6-7-8-9-10-11-12-13-14-15;1-2(3)4/h2,15H,1,3-14H2;1H3,(H,3,4). The molecule has 0 heterocycles. The normalized spacial score (nSPS) is 9.58. The first-order chi connectivity index (χ1) is 9.15. The molecule has 0 aliphatic carbocycles. The first-order valence-corrected chi connectivity index (χ1v) is 7.56. The SMILES string of the molecule is C=CCCCCCCCCCCCCO.CC(=O)O. The fourth-order valence-corrected chi connectivity index (χ4v) is 1.81. The fourth-order valence-electron chi connectivity index (χ4n) is 1.81. The van der Waals surface area contributed by atoms with Gasteiger partial charge in [0, 0.05) is 13.5 Å². The molecule has 0 atom stereocenters. The Morgan fingerprint density at radius 1 is 0.895 bits per heavy atom. The molecule has 2 N–H and O–H groups in total. The second kappa shape index (κ2) is 19.5. The summed E-state index contributed by atoms with van der Waals surface area (Å²) in [5.41, 5.74) is 0. The Morgan fingerprint density at radius 3 is 1.53 bits per heavy atom. The minimum atomic E-state index is -0.833. The summed E-state index contributed by atoms with van der Waals surface area (Å²) in [7, 11) is 0. The molecule has 114 valence electrons. The van der Waals surface area contributed by atoms with Gasteiger partial charge in [0.2, 0.25) is 0 Å². The molecule has 0 fully saturated rings. The minimum absolute atomic E-state index is 0.364. The molecule has 0 radical (unpaired) electrons. The van der Waals surface area contributed by atoms with Gasteiger partial charge in [-0.05, 0) is 19.3 Å². The van der Waals surface area contributed by atoms with E-state index in [4.69, 9.17) is 15.0 Å². The number of allylic oxidation sites excluding steroid dienone is 1. The number of carboxylic acids is 1. The molecule has 0 amide bonds. The Labute approximate surface area is 118 Å². The number of unbranched alkanes of at least 4 members (excludes halogenated alkanes) is 10. The molecule has 0 aliphatic heterocycles. The van der Waals surface area contributed by atoms with Crippen molar-refractivity contribution in [1.82, 2.24) is 0 Å². The van der Waals surface area contributed by atoms with Crippen molar-refractivity contribution in [2.45, 2.75) is 77.6 Å². The predicted octanol–water partition coefficient (Wildman–Crippen LogP) is 4.55. The second-order valence-corrected chi connectivity index (χ2v) is 4.86. The van der Waals surface area contributed by atoms with Crippen LogP contribution in [0.15, 0.2) is 12.7 Å². The van der Waals surface area contributed by atoms with Crippen molar-refractivity contribution in [1.29, 1.82) is 0 Å². The van der Waals surface area contributed by atoms with Gasteiger partial charge >= 0.3 is 0 Å². The molecule has 0 unspecified atom stereocenters. The van der Waals surface area contributed by atoms with E-state index < -0.39 is 5.97 Å². The average molecular weight is 272 g/mol. The van der Waals surface area contributed by atoms with Crippen LogP contribution < -0.4 is 0 Å². The van der Waals surface area contributed by atoms with Crippen LogP contribution >= 0.6 is 0 Å². The molecule has 0 saturated carbocycles. The third-order valence-electron chi connectivity index (χ3n) is 2.82. The molecule has 3 heteroatoms. The quantitative estimate of drug-likeness (QED) is 0.405. The van der Waals surface area contributed by atoms with Crippen LogP contribution in [-0.2, 0) is 4.79 Å². The van der Waals surface area contributed by atoms with Crippen LogP contribution in [-0.4, -0.2) is 22.8 Å². The lowest BCUT2D eigenvalue weighted by atomic mass is 10.1. The zero-order valence-corrected chi connectivity index (χ0v) is 12.6. The number of carboxylic acid groups (broad SMARTS) is 1. The summed E-state index contributed by atoms with van der Waals surface area (Å²) in [6.45, 7) is 5.17. The molecule has 0 aliphatic rings. The predicted molar refractivity (Wildman–Crippen MR) is 81.4 cm³/mol. The number of hydrogen-bond acceptors (Lipinski definition) is 2. The lowest BCUT2D eigenvalue weighted by Gasteiger charge is -2.01. The van der Waals surface area contributed by atoms with Gasteiger partial charge in [-0.15, -0.1) is 6.58 Å². The number of carbonyl (C=O) groups is 1. The maximum Gasteiger partial charge on any atom is 0.300 e. The van der Waals surface area contributed by atoms with Gasteiger partial charge in [0.05, 0.1) is 0 Å². The van der Waals surface area contributed by atoms with Gasteiger partial charge in [0.15, 0.2) is 0 Å². The number of hydrogen-bond donors (Lipinski definition) is 2. The van der Waals surface area contributed by atoms with Crippen LogP contribution in [0.25, 0.3) is 0 Å². The van der Waals surface area contributed by atoms with Gasteiger partial charge in [0.25, 0.3) is 5.97 Å². The molecule has 0 rings (SSSR count). The highest BCUT2D eigenvalue weighted by Gasteiger charge is 1.92. The molecule has 0 aromatic rings. The van der Waals surface area contributed by atoms with Gasteiger partial charge in [-0.3, -0.25) is 4.79 Å². The van der Waals surface area contributed by atoms with E-state index in [0.29, 0.717) is 6.61 Å². The van der Waals surface area contributed by atoms with Crippen molar-refractivity contribution in [2.24, 2.45) is 0 Å². The van der Waals surface area contributed by atoms with Crippen molar-refractivity contribution in [3.05, 3.63) is 12.7 Å². The van der Waals surface area contributed by atoms with Crippen molar-refractivity contribution >= 4 is 5.97 Å². The van der Waals surface area contributed by atoms with E-state index in [1.165, 1.54) is 64.2 Å². The largest absolute Gasteiger partial charge is 0.481 e. The van der Waals surface area contributed by atoms with Gasteiger partial charge in [-0.25, -0.2) is 0 Å². The van der Waals surface area contributed by atoms with Crippen molar-refractivity contribution in [2.75, 3.05) is 6.61 Å². The zero-order valence-electron chi connectivity index (χ0n) is 12.6. The lowest BCUT2D eigenvalue weighted by Crippen LogP contribution is -1.84. The van der Waals surface area contributed by atoms with Gasteiger partial charge in [-0.2, -0.15) is 0 Å². The van der Waals surface area contributed by atoms with Crippen molar-refractivity contribution in [3.63, 3.8) is 0 Å². The Hall–Kier alpha value is -0.830. The van der Waals surface area contributed by atoms with E-state index in [1.54, 1.807) is 0 Å². The van der Waals surface area contributed by atoms with E-state index in [2.05, 4.69) is 6.58 Å². The average Bonchev–Trinajstić information content (AvgIpc) is 2.35.